The minimum atomic E-state index is -0.645. The van der Waals surface area contributed by atoms with Crippen molar-refractivity contribution in [1.29, 1.82) is 0 Å². The van der Waals surface area contributed by atoms with E-state index >= 15 is 0 Å². The second kappa shape index (κ2) is 9.84. The standard InChI is InChI=1S/C31H27BrN4/c32-29-17-16-25-22-35(19-18-24(25)20-29)23-30-21-33-34-36(30)31(26-10-4-1-5-11-26,27-12-6-2-7-13-27)28-14-8-3-9-15-28/h1-17,20-21H,18-19,22-23H2. The van der Waals surface area contributed by atoms with E-state index in [1.807, 2.05) is 6.20 Å². The smallest absolute Gasteiger partial charge is 0.140 e. The van der Waals surface area contributed by atoms with Crippen LogP contribution in [0, 0.1) is 0 Å². The third-order valence-corrected chi connectivity index (χ3v) is 7.65. The van der Waals surface area contributed by atoms with Crippen molar-refractivity contribution in [2.75, 3.05) is 6.54 Å². The Kier molecular flexibility index (Phi) is 6.26. The van der Waals surface area contributed by atoms with E-state index in [1.165, 1.54) is 11.1 Å². The molecule has 0 fully saturated rings. The lowest BCUT2D eigenvalue weighted by Gasteiger charge is -2.38. The van der Waals surface area contributed by atoms with E-state index in [4.69, 9.17) is 5.21 Å². The lowest BCUT2D eigenvalue weighted by molar-refractivity contribution is 0.233. The Morgan fingerprint density at radius 2 is 1.31 bits per heavy atom. The zero-order valence-electron chi connectivity index (χ0n) is 20.0. The summed E-state index contributed by atoms with van der Waals surface area (Å²) in [5.41, 5.74) is 6.73. The van der Waals surface area contributed by atoms with Crippen molar-refractivity contribution >= 4 is 15.9 Å². The highest BCUT2D eigenvalue weighted by atomic mass is 79.9. The van der Waals surface area contributed by atoms with E-state index < -0.39 is 5.54 Å². The maximum atomic E-state index is 4.77. The SMILES string of the molecule is Brc1ccc2c(c1)CCN(Cc1cnnn1C(c1ccccc1)(c1ccccc1)c1ccccc1)C2. The molecule has 5 aromatic rings. The highest BCUT2D eigenvalue weighted by molar-refractivity contribution is 9.10. The number of fused-ring (bicyclic) bond motifs is 1. The van der Waals surface area contributed by atoms with Gasteiger partial charge in [-0.3, -0.25) is 4.90 Å². The number of nitrogens with zero attached hydrogens (tertiary/aromatic N) is 4. The van der Waals surface area contributed by atoms with Gasteiger partial charge in [0.05, 0.1) is 11.9 Å². The van der Waals surface area contributed by atoms with Crippen LogP contribution < -0.4 is 0 Å². The molecule has 0 atom stereocenters. The first-order valence-corrected chi connectivity index (χ1v) is 13.1. The predicted molar refractivity (Wildman–Crippen MR) is 147 cm³/mol. The maximum absolute atomic E-state index is 4.77. The molecule has 4 nitrogen and oxygen atoms in total. The van der Waals surface area contributed by atoms with E-state index in [-0.39, 0.29) is 0 Å². The Labute approximate surface area is 220 Å². The highest BCUT2D eigenvalue weighted by Gasteiger charge is 2.41. The van der Waals surface area contributed by atoms with Gasteiger partial charge in [-0.2, -0.15) is 0 Å². The Morgan fingerprint density at radius 3 is 1.89 bits per heavy atom. The average molecular weight is 535 g/mol. The summed E-state index contributed by atoms with van der Waals surface area (Å²) >= 11 is 3.62. The molecule has 178 valence electrons. The second-order valence-corrected chi connectivity index (χ2v) is 10.2. The quantitative estimate of drug-likeness (QED) is 0.235. The van der Waals surface area contributed by atoms with Crippen molar-refractivity contribution in [2.45, 2.75) is 25.0 Å². The van der Waals surface area contributed by atoms with Crippen LogP contribution in [0.3, 0.4) is 0 Å². The van der Waals surface area contributed by atoms with E-state index in [0.29, 0.717) is 0 Å². The van der Waals surface area contributed by atoms with Crippen molar-refractivity contribution in [1.82, 2.24) is 19.9 Å². The van der Waals surface area contributed by atoms with Crippen LogP contribution in [0.25, 0.3) is 0 Å². The molecule has 0 spiro atoms. The molecule has 0 saturated carbocycles. The third kappa shape index (κ3) is 4.08. The number of hydrogen-bond acceptors (Lipinski definition) is 3. The van der Waals surface area contributed by atoms with Gasteiger partial charge in [-0.25, -0.2) is 4.68 Å². The van der Waals surface area contributed by atoms with Crippen molar-refractivity contribution in [3.05, 3.63) is 153 Å². The van der Waals surface area contributed by atoms with Gasteiger partial charge >= 0.3 is 0 Å². The fourth-order valence-corrected chi connectivity index (χ4v) is 5.90. The van der Waals surface area contributed by atoms with Crippen LogP contribution in [0.5, 0.6) is 0 Å². The third-order valence-electron chi connectivity index (χ3n) is 7.16. The van der Waals surface area contributed by atoms with E-state index in [1.54, 1.807) is 0 Å². The Balaban J connectivity index is 1.49. The molecule has 5 heteroatoms. The number of rotatable bonds is 6. The second-order valence-electron chi connectivity index (χ2n) is 9.32. The molecule has 0 unspecified atom stereocenters. The molecular formula is C31H27BrN4. The minimum Gasteiger partial charge on any atom is -0.293 e. The van der Waals surface area contributed by atoms with E-state index in [2.05, 4.69) is 140 Å². The fourth-order valence-electron chi connectivity index (χ4n) is 5.50. The number of aromatic nitrogens is 3. The van der Waals surface area contributed by atoms with E-state index in [0.717, 1.165) is 52.9 Å². The first-order valence-electron chi connectivity index (χ1n) is 12.3. The van der Waals surface area contributed by atoms with Crippen LogP contribution in [0.15, 0.2) is 120 Å². The van der Waals surface area contributed by atoms with Gasteiger partial charge < -0.3 is 0 Å². The molecule has 0 aliphatic carbocycles. The lowest BCUT2D eigenvalue weighted by Crippen LogP contribution is -2.41. The molecule has 1 aliphatic heterocycles. The van der Waals surface area contributed by atoms with Gasteiger partial charge in [0, 0.05) is 24.1 Å². The number of halogens is 1. The van der Waals surface area contributed by atoms with Gasteiger partial charge in [0.1, 0.15) is 5.54 Å². The van der Waals surface area contributed by atoms with Crippen LogP contribution in [0.1, 0.15) is 33.5 Å². The normalized spacial score (nSPS) is 13.9. The maximum Gasteiger partial charge on any atom is 0.140 e. The minimum absolute atomic E-state index is 0.645. The first-order chi connectivity index (χ1) is 17.7. The fraction of sp³-hybridized carbons (Fsp3) is 0.161. The summed E-state index contributed by atoms with van der Waals surface area (Å²) in [6.07, 6.45) is 2.97. The number of hydrogen-bond donors (Lipinski definition) is 0. The van der Waals surface area contributed by atoms with Gasteiger partial charge in [0.15, 0.2) is 0 Å². The van der Waals surface area contributed by atoms with Crippen LogP contribution in [-0.4, -0.2) is 26.4 Å². The van der Waals surface area contributed by atoms with Gasteiger partial charge in [-0.1, -0.05) is 118 Å². The molecule has 0 bridgehead atoms. The molecule has 0 N–H and O–H groups in total. The Hall–Kier alpha value is -3.54. The molecule has 1 aromatic heterocycles. The lowest BCUT2D eigenvalue weighted by atomic mass is 9.77. The summed E-state index contributed by atoms with van der Waals surface area (Å²) in [5, 5.41) is 9.24. The molecule has 36 heavy (non-hydrogen) atoms. The Bertz CT molecular complexity index is 1350. The highest BCUT2D eigenvalue weighted by Crippen LogP contribution is 2.41. The van der Waals surface area contributed by atoms with Gasteiger partial charge in [-0.05, 0) is 46.4 Å². The molecule has 0 saturated heterocycles. The van der Waals surface area contributed by atoms with Crippen LogP contribution in [-0.2, 0) is 25.0 Å². The first kappa shape index (κ1) is 22.9. The van der Waals surface area contributed by atoms with Crippen LogP contribution >= 0.6 is 15.9 Å². The molecule has 2 heterocycles. The topological polar surface area (TPSA) is 34.0 Å². The monoisotopic (exact) mass is 534 g/mol. The summed E-state index contributed by atoms with van der Waals surface area (Å²) in [5.74, 6) is 0. The average Bonchev–Trinajstić information content (AvgIpc) is 3.39. The zero-order valence-corrected chi connectivity index (χ0v) is 21.6. The van der Waals surface area contributed by atoms with Gasteiger partial charge in [-0.15, -0.1) is 5.10 Å². The molecule has 1 aliphatic rings. The van der Waals surface area contributed by atoms with Gasteiger partial charge in [0.2, 0.25) is 0 Å². The van der Waals surface area contributed by atoms with Crippen LogP contribution in [0.2, 0.25) is 0 Å². The molecular weight excluding hydrogens is 508 g/mol. The molecule has 0 radical (unpaired) electrons. The van der Waals surface area contributed by atoms with E-state index in [9.17, 15) is 0 Å². The summed E-state index contributed by atoms with van der Waals surface area (Å²) in [6.45, 7) is 2.70. The molecule has 4 aromatic carbocycles. The summed E-state index contributed by atoms with van der Waals surface area (Å²) in [7, 11) is 0. The summed E-state index contributed by atoms with van der Waals surface area (Å²) < 4.78 is 3.29. The van der Waals surface area contributed by atoms with Crippen molar-refractivity contribution < 1.29 is 0 Å². The van der Waals surface area contributed by atoms with Crippen molar-refractivity contribution in [3.63, 3.8) is 0 Å². The van der Waals surface area contributed by atoms with Crippen LogP contribution in [0.4, 0.5) is 0 Å². The Morgan fingerprint density at radius 1 is 0.722 bits per heavy atom. The summed E-state index contributed by atoms with van der Waals surface area (Å²) in [6, 6.07) is 38.6. The van der Waals surface area contributed by atoms with Gasteiger partial charge in [0.25, 0.3) is 0 Å². The number of benzene rings is 4. The zero-order chi connectivity index (χ0) is 24.4. The summed E-state index contributed by atoms with van der Waals surface area (Å²) in [4.78, 5) is 2.50. The van der Waals surface area contributed by atoms with Crippen molar-refractivity contribution in [3.8, 4) is 0 Å². The molecule has 0 amide bonds. The largest absolute Gasteiger partial charge is 0.293 e. The molecule has 6 rings (SSSR count). The van der Waals surface area contributed by atoms with Crippen molar-refractivity contribution in [2.24, 2.45) is 0 Å². The predicted octanol–water partition coefficient (Wildman–Crippen LogP) is 6.44.